The summed E-state index contributed by atoms with van der Waals surface area (Å²) in [5.74, 6) is 0.0847. The summed E-state index contributed by atoms with van der Waals surface area (Å²) in [5, 5.41) is 23.6. The van der Waals surface area contributed by atoms with E-state index in [0.29, 0.717) is 31.0 Å². The second kappa shape index (κ2) is 13.2. The maximum atomic E-state index is 13.9. The Morgan fingerprint density at radius 2 is 1.89 bits per heavy atom. The third-order valence-corrected chi connectivity index (χ3v) is 8.31. The zero-order valence-corrected chi connectivity index (χ0v) is 22.8. The molecule has 2 amide bonds. The molecule has 1 aliphatic heterocycles. The molecule has 3 N–H and O–H groups in total. The first-order valence-electron chi connectivity index (χ1n) is 13.1. The zero-order chi connectivity index (χ0) is 25.5. The molecule has 0 radical (unpaired) electrons. The molecule has 2 fully saturated rings. The molecule has 3 aliphatic rings. The maximum absolute atomic E-state index is 13.9. The summed E-state index contributed by atoms with van der Waals surface area (Å²) in [4.78, 5) is 28.8. The van der Waals surface area contributed by atoms with Crippen LogP contribution in [0.25, 0.3) is 0 Å². The van der Waals surface area contributed by atoms with Gasteiger partial charge in [-0.2, -0.15) is 0 Å². The fourth-order valence-corrected chi connectivity index (χ4v) is 6.04. The number of aliphatic hydroxyl groups excluding tert-OH is 2. The van der Waals surface area contributed by atoms with Crippen LogP contribution in [0.3, 0.4) is 0 Å². The number of carbonyl (C=O) groups is 2. The number of halogens is 1. The average molecular weight is 613 g/mol. The lowest BCUT2D eigenvalue weighted by Gasteiger charge is -2.45. The third-order valence-electron chi connectivity index (χ3n) is 7.42. The van der Waals surface area contributed by atoms with Crippen LogP contribution in [0.1, 0.15) is 51.4 Å². The number of benzene rings is 1. The zero-order valence-electron chi connectivity index (χ0n) is 20.6. The molecule has 0 bridgehead atoms. The average Bonchev–Trinajstić information content (AvgIpc) is 3.30. The quantitative estimate of drug-likeness (QED) is 0.308. The molecule has 4 rings (SSSR count). The predicted molar refractivity (Wildman–Crippen MR) is 143 cm³/mol. The molecular weight excluding hydrogens is 575 g/mol. The molecule has 1 unspecified atom stereocenters. The van der Waals surface area contributed by atoms with Crippen LogP contribution in [-0.2, 0) is 14.3 Å². The molecule has 1 heterocycles. The van der Waals surface area contributed by atoms with Gasteiger partial charge in [-0.15, -0.1) is 0 Å². The number of rotatable bonds is 8. The smallest absolute Gasteiger partial charge is 0.247 e. The highest BCUT2D eigenvalue weighted by Crippen LogP contribution is 2.34. The molecule has 0 spiro atoms. The fourth-order valence-electron chi connectivity index (χ4n) is 5.53. The van der Waals surface area contributed by atoms with Crippen molar-refractivity contribution in [2.24, 2.45) is 5.92 Å². The summed E-state index contributed by atoms with van der Waals surface area (Å²) >= 11 is 2.18. The van der Waals surface area contributed by atoms with Gasteiger partial charge in [0.2, 0.25) is 11.8 Å². The maximum Gasteiger partial charge on any atom is 0.247 e. The van der Waals surface area contributed by atoms with E-state index in [0.717, 1.165) is 42.1 Å². The van der Waals surface area contributed by atoms with Crippen LogP contribution in [0.15, 0.2) is 35.9 Å². The highest BCUT2D eigenvalue weighted by atomic mass is 127. The van der Waals surface area contributed by atoms with Gasteiger partial charge in [-0.05, 0) is 60.1 Å². The first kappa shape index (κ1) is 27.3. The van der Waals surface area contributed by atoms with Gasteiger partial charge >= 0.3 is 0 Å². The number of nitrogens with zero attached hydrogens (tertiary/aromatic N) is 1. The highest BCUT2D eigenvalue weighted by Gasteiger charge is 2.44. The minimum Gasteiger partial charge on any atom is -0.482 e. The van der Waals surface area contributed by atoms with Crippen LogP contribution in [-0.4, -0.2) is 77.6 Å². The van der Waals surface area contributed by atoms with Crippen molar-refractivity contribution in [3.63, 3.8) is 0 Å². The first-order valence-corrected chi connectivity index (χ1v) is 14.2. The second-order valence-electron chi connectivity index (χ2n) is 9.90. The summed E-state index contributed by atoms with van der Waals surface area (Å²) in [7, 11) is 0. The van der Waals surface area contributed by atoms with Crippen molar-refractivity contribution in [1.29, 1.82) is 0 Å². The van der Waals surface area contributed by atoms with Gasteiger partial charge in [0.1, 0.15) is 18.0 Å². The molecule has 2 aliphatic carbocycles. The van der Waals surface area contributed by atoms with Crippen LogP contribution in [0, 0.1) is 9.49 Å². The van der Waals surface area contributed by atoms with E-state index in [4.69, 9.17) is 9.47 Å². The fraction of sp³-hybridized carbons (Fsp3) is 0.630. The number of ether oxygens (including phenoxy) is 2. The van der Waals surface area contributed by atoms with E-state index in [-0.39, 0.29) is 43.3 Å². The van der Waals surface area contributed by atoms with Crippen molar-refractivity contribution in [2.75, 3.05) is 26.4 Å². The standard InChI is InChI=1S/C27H37IN2O6/c28-21-9-5-6-10-23(21)36-24-16-19(26(33)29-12-13-31)15-22(25(24)32)30(20-7-3-1-2-4-8-20)27(34)18-11-14-35-17-18/h5-6,9-10,16,18,20,22,24-25,31-32H,1-4,7-8,11-15,17H2,(H,29,33)/t18?,22-,24+,25+/m1/s1. The molecule has 9 heteroatoms. The minimum absolute atomic E-state index is 0.00788. The molecule has 4 atom stereocenters. The summed E-state index contributed by atoms with van der Waals surface area (Å²) in [6.45, 7) is 0.930. The van der Waals surface area contributed by atoms with Crippen molar-refractivity contribution in [1.82, 2.24) is 10.2 Å². The predicted octanol–water partition coefficient (Wildman–Crippen LogP) is 2.79. The van der Waals surface area contributed by atoms with Crippen molar-refractivity contribution >= 4 is 34.4 Å². The van der Waals surface area contributed by atoms with Crippen LogP contribution in [0.2, 0.25) is 0 Å². The van der Waals surface area contributed by atoms with E-state index >= 15 is 0 Å². The number of hydrogen-bond donors (Lipinski definition) is 3. The Morgan fingerprint density at radius 1 is 1.14 bits per heavy atom. The number of aliphatic hydroxyl groups is 2. The largest absolute Gasteiger partial charge is 0.482 e. The molecule has 36 heavy (non-hydrogen) atoms. The Labute approximate surface area is 226 Å². The van der Waals surface area contributed by atoms with E-state index in [1.54, 1.807) is 6.08 Å². The molecule has 198 valence electrons. The monoisotopic (exact) mass is 612 g/mol. The number of hydrogen-bond acceptors (Lipinski definition) is 6. The molecule has 1 saturated heterocycles. The van der Waals surface area contributed by atoms with E-state index in [1.165, 1.54) is 0 Å². The van der Waals surface area contributed by atoms with Gasteiger partial charge in [0, 0.05) is 31.2 Å². The summed E-state index contributed by atoms with van der Waals surface area (Å²) < 4.78 is 12.7. The van der Waals surface area contributed by atoms with E-state index in [9.17, 15) is 19.8 Å². The normalized spacial score (nSPS) is 27.1. The lowest BCUT2D eigenvalue weighted by atomic mass is 9.85. The van der Waals surface area contributed by atoms with Crippen LogP contribution < -0.4 is 10.1 Å². The van der Waals surface area contributed by atoms with Gasteiger partial charge in [-0.1, -0.05) is 37.8 Å². The molecule has 0 aromatic heterocycles. The molecule has 1 saturated carbocycles. The molecular formula is C27H37IN2O6. The van der Waals surface area contributed by atoms with Crippen molar-refractivity contribution in [3.8, 4) is 5.75 Å². The van der Waals surface area contributed by atoms with Crippen molar-refractivity contribution in [2.45, 2.75) is 75.7 Å². The van der Waals surface area contributed by atoms with Gasteiger partial charge in [0.25, 0.3) is 0 Å². The van der Waals surface area contributed by atoms with Gasteiger partial charge in [-0.3, -0.25) is 9.59 Å². The van der Waals surface area contributed by atoms with Crippen molar-refractivity contribution < 1.29 is 29.3 Å². The Kier molecular flexibility index (Phi) is 10.0. The van der Waals surface area contributed by atoms with Crippen LogP contribution >= 0.6 is 22.6 Å². The van der Waals surface area contributed by atoms with Gasteiger partial charge in [-0.25, -0.2) is 0 Å². The lowest BCUT2D eigenvalue weighted by molar-refractivity contribution is -0.147. The Bertz CT molecular complexity index is 927. The van der Waals surface area contributed by atoms with Crippen LogP contribution in [0.5, 0.6) is 5.75 Å². The molecule has 1 aromatic rings. The van der Waals surface area contributed by atoms with Gasteiger partial charge in [0.15, 0.2) is 0 Å². The topological polar surface area (TPSA) is 108 Å². The minimum atomic E-state index is -0.995. The Balaban J connectivity index is 1.67. The Morgan fingerprint density at radius 3 is 2.56 bits per heavy atom. The van der Waals surface area contributed by atoms with Gasteiger partial charge < -0.3 is 29.9 Å². The van der Waals surface area contributed by atoms with E-state index < -0.39 is 18.2 Å². The molecule has 8 nitrogen and oxygen atoms in total. The molecule has 1 aromatic carbocycles. The summed E-state index contributed by atoms with van der Waals surface area (Å²) in [6.07, 6.45) is 6.94. The SMILES string of the molecule is O=C(NCCO)C1=C[C@H](Oc2ccccc2I)[C@@H](O)[C@H](N(C(=O)C2CCOC2)C2CCCCCC2)C1. The number of para-hydroxylation sites is 1. The summed E-state index contributed by atoms with van der Waals surface area (Å²) in [6, 6.07) is 6.95. The Hall–Kier alpha value is -1.69. The van der Waals surface area contributed by atoms with Gasteiger partial charge in [0.05, 0.1) is 28.7 Å². The van der Waals surface area contributed by atoms with E-state index in [1.807, 2.05) is 29.2 Å². The van der Waals surface area contributed by atoms with Crippen molar-refractivity contribution in [3.05, 3.63) is 39.5 Å². The number of nitrogens with one attached hydrogen (secondary N) is 1. The van der Waals surface area contributed by atoms with E-state index in [2.05, 4.69) is 27.9 Å². The third kappa shape index (κ3) is 6.59. The number of carbonyl (C=O) groups excluding carboxylic acids is 2. The first-order chi connectivity index (χ1) is 17.5. The van der Waals surface area contributed by atoms with Crippen LogP contribution in [0.4, 0.5) is 0 Å². The second-order valence-corrected chi connectivity index (χ2v) is 11.1. The highest BCUT2D eigenvalue weighted by molar-refractivity contribution is 14.1. The lowest BCUT2D eigenvalue weighted by Crippen LogP contribution is -2.59. The summed E-state index contributed by atoms with van der Waals surface area (Å²) in [5.41, 5.74) is 0.462. The number of amides is 2.